The van der Waals surface area contributed by atoms with Crippen molar-refractivity contribution < 1.29 is 19.5 Å². The Kier molecular flexibility index (Phi) is 7.75. The normalized spacial score (nSPS) is 15.0. The minimum atomic E-state index is -1.05. The van der Waals surface area contributed by atoms with E-state index in [1.54, 1.807) is 0 Å². The lowest BCUT2D eigenvalue weighted by Gasteiger charge is -2.28. The van der Waals surface area contributed by atoms with E-state index in [0.717, 1.165) is 43.2 Å². The average molecular weight is 458 g/mol. The van der Waals surface area contributed by atoms with Crippen LogP contribution in [0, 0.1) is 19.8 Å². The lowest BCUT2D eigenvalue weighted by molar-refractivity contribution is -0.141. The molecule has 4 N–H and O–H groups in total. The maximum atomic E-state index is 13.0. The topological polar surface area (TPSA) is 108 Å². The molecule has 7 nitrogen and oxygen atoms in total. The zero-order chi connectivity index (χ0) is 23.3. The van der Waals surface area contributed by atoms with Crippen molar-refractivity contribution in [3.63, 3.8) is 0 Å². The van der Waals surface area contributed by atoms with Gasteiger partial charge in [-0.05, 0) is 61.9 Å². The number of hydrogen-bond acceptors (Lipinski definition) is 3. The van der Waals surface area contributed by atoms with Crippen LogP contribution < -0.4 is 16.0 Å². The summed E-state index contributed by atoms with van der Waals surface area (Å²) in [6.07, 6.45) is 4.52. The van der Waals surface area contributed by atoms with Crippen LogP contribution in [0.15, 0.2) is 36.4 Å². The molecule has 32 heavy (non-hydrogen) atoms. The number of carbonyl (C=O) groups excluding carboxylic acids is 2. The molecule has 3 rings (SSSR count). The first-order valence-corrected chi connectivity index (χ1v) is 11.1. The number of aryl methyl sites for hydroxylation is 2. The molecule has 0 aliphatic heterocycles. The summed E-state index contributed by atoms with van der Waals surface area (Å²) in [6.45, 7) is 3.77. The standard InChI is InChI=1S/C24H28ClN3O4/c1-14-7-6-8-15(2)20(14)28-24(32)26-19-13-17(25)11-12-18(19)22(29)27-21(23(30)31)16-9-4-3-5-10-16/h6-8,11-13,16,21H,3-5,9-10H2,1-2H3,(H,27,29)(H,30,31)(H2,26,28,32)/t21-/m0/s1. The number of nitrogens with one attached hydrogen (secondary N) is 3. The fourth-order valence-electron chi connectivity index (χ4n) is 4.16. The third kappa shape index (κ3) is 5.79. The summed E-state index contributed by atoms with van der Waals surface area (Å²) in [5, 5.41) is 18.1. The van der Waals surface area contributed by atoms with Crippen LogP contribution in [-0.2, 0) is 4.79 Å². The molecular weight excluding hydrogens is 430 g/mol. The Bertz CT molecular complexity index is 998. The van der Waals surface area contributed by atoms with Crippen molar-refractivity contribution in [2.75, 3.05) is 10.6 Å². The molecule has 1 saturated carbocycles. The van der Waals surface area contributed by atoms with E-state index in [2.05, 4.69) is 16.0 Å². The second-order valence-electron chi connectivity index (χ2n) is 8.22. The summed E-state index contributed by atoms with van der Waals surface area (Å²) in [4.78, 5) is 37.5. The third-order valence-electron chi connectivity index (χ3n) is 5.87. The number of urea groups is 1. The van der Waals surface area contributed by atoms with Crippen LogP contribution in [0.4, 0.5) is 16.2 Å². The first-order chi connectivity index (χ1) is 15.3. The van der Waals surface area contributed by atoms with Gasteiger partial charge in [0.15, 0.2) is 0 Å². The monoisotopic (exact) mass is 457 g/mol. The van der Waals surface area contributed by atoms with Crippen molar-refractivity contribution in [3.8, 4) is 0 Å². The fourth-order valence-corrected chi connectivity index (χ4v) is 4.34. The van der Waals surface area contributed by atoms with Crippen LogP contribution in [0.3, 0.4) is 0 Å². The number of rotatable bonds is 6. The van der Waals surface area contributed by atoms with Gasteiger partial charge >= 0.3 is 12.0 Å². The van der Waals surface area contributed by atoms with Crippen LogP contribution in [-0.4, -0.2) is 29.1 Å². The Morgan fingerprint density at radius 1 is 1.00 bits per heavy atom. The number of halogens is 1. The number of anilines is 2. The van der Waals surface area contributed by atoms with Gasteiger partial charge in [0.05, 0.1) is 11.3 Å². The minimum absolute atomic E-state index is 0.110. The molecule has 0 spiro atoms. The molecular formula is C24H28ClN3O4. The van der Waals surface area contributed by atoms with Gasteiger partial charge in [-0.15, -0.1) is 0 Å². The first-order valence-electron chi connectivity index (χ1n) is 10.7. The maximum absolute atomic E-state index is 13.0. The maximum Gasteiger partial charge on any atom is 0.326 e. The average Bonchev–Trinajstić information content (AvgIpc) is 2.75. The van der Waals surface area contributed by atoms with Gasteiger partial charge in [-0.2, -0.15) is 0 Å². The minimum Gasteiger partial charge on any atom is -0.480 e. The van der Waals surface area contributed by atoms with Gasteiger partial charge in [-0.3, -0.25) is 4.79 Å². The van der Waals surface area contributed by atoms with Crippen LogP contribution in [0.5, 0.6) is 0 Å². The number of para-hydroxylation sites is 1. The largest absolute Gasteiger partial charge is 0.480 e. The van der Waals surface area contributed by atoms with E-state index in [-0.39, 0.29) is 17.2 Å². The zero-order valence-corrected chi connectivity index (χ0v) is 19.0. The number of carboxylic acid groups (broad SMARTS) is 1. The molecule has 0 heterocycles. The van der Waals surface area contributed by atoms with Crippen molar-refractivity contribution in [2.24, 2.45) is 5.92 Å². The van der Waals surface area contributed by atoms with E-state index in [9.17, 15) is 19.5 Å². The molecule has 170 valence electrons. The Morgan fingerprint density at radius 3 is 2.28 bits per heavy atom. The Hall–Kier alpha value is -3.06. The highest BCUT2D eigenvalue weighted by Gasteiger charge is 2.31. The Labute approximate surface area is 192 Å². The number of carboxylic acids is 1. The number of hydrogen-bond donors (Lipinski definition) is 4. The Morgan fingerprint density at radius 2 is 1.66 bits per heavy atom. The summed E-state index contributed by atoms with van der Waals surface area (Å²) < 4.78 is 0. The van der Waals surface area contributed by atoms with Gasteiger partial charge < -0.3 is 21.1 Å². The van der Waals surface area contributed by atoms with E-state index in [1.165, 1.54) is 18.2 Å². The number of benzene rings is 2. The van der Waals surface area contributed by atoms with Crippen molar-refractivity contribution in [3.05, 3.63) is 58.1 Å². The predicted octanol–water partition coefficient (Wildman–Crippen LogP) is 5.36. The highest BCUT2D eigenvalue weighted by Crippen LogP contribution is 2.28. The molecule has 1 aliphatic carbocycles. The molecule has 0 unspecified atom stereocenters. The lowest BCUT2D eigenvalue weighted by atomic mass is 9.84. The molecule has 1 atom stereocenters. The van der Waals surface area contributed by atoms with Crippen LogP contribution in [0.1, 0.15) is 53.6 Å². The van der Waals surface area contributed by atoms with Gasteiger partial charge in [-0.1, -0.05) is 49.1 Å². The summed E-state index contributed by atoms with van der Waals surface area (Å²) in [6, 6.07) is 8.65. The molecule has 1 fully saturated rings. The van der Waals surface area contributed by atoms with Crippen LogP contribution in [0.25, 0.3) is 0 Å². The summed E-state index contributed by atoms with van der Waals surface area (Å²) in [7, 11) is 0. The molecule has 2 aromatic carbocycles. The van der Waals surface area contributed by atoms with Gasteiger partial charge in [0, 0.05) is 10.7 Å². The molecule has 0 aromatic heterocycles. The quantitative estimate of drug-likeness (QED) is 0.468. The summed E-state index contributed by atoms with van der Waals surface area (Å²) in [5.41, 5.74) is 2.84. The SMILES string of the molecule is Cc1cccc(C)c1NC(=O)Nc1cc(Cl)ccc1C(=O)N[C@H](C(=O)O)C1CCCCC1. The van der Waals surface area contributed by atoms with E-state index in [1.807, 2.05) is 32.0 Å². The van der Waals surface area contributed by atoms with Crippen molar-refractivity contribution >= 4 is 40.9 Å². The lowest BCUT2D eigenvalue weighted by Crippen LogP contribution is -2.46. The number of aliphatic carboxylic acids is 1. The van der Waals surface area contributed by atoms with Crippen molar-refractivity contribution in [1.82, 2.24) is 5.32 Å². The van der Waals surface area contributed by atoms with Gasteiger partial charge in [-0.25, -0.2) is 9.59 Å². The molecule has 2 aromatic rings. The van der Waals surface area contributed by atoms with Gasteiger partial charge in [0.1, 0.15) is 6.04 Å². The second kappa shape index (κ2) is 10.5. The number of carbonyl (C=O) groups is 3. The molecule has 0 bridgehead atoms. The van der Waals surface area contributed by atoms with Gasteiger partial charge in [0.25, 0.3) is 5.91 Å². The van der Waals surface area contributed by atoms with E-state index >= 15 is 0 Å². The van der Waals surface area contributed by atoms with E-state index in [0.29, 0.717) is 10.7 Å². The van der Waals surface area contributed by atoms with Crippen molar-refractivity contribution in [2.45, 2.75) is 52.0 Å². The predicted molar refractivity (Wildman–Crippen MR) is 125 cm³/mol. The highest BCUT2D eigenvalue weighted by atomic mass is 35.5. The first kappa shape index (κ1) is 23.6. The van der Waals surface area contributed by atoms with E-state index in [4.69, 9.17) is 11.6 Å². The van der Waals surface area contributed by atoms with Crippen LogP contribution in [0.2, 0.25) is 5.02 Å². The number of amides is 3. The van der Waals surface area contributed by atoms with Gasteiger partial charge in [0.2, 0.25) is 0 Å². The molecule has 0 radical (unpaired) electrons. The molecule has 1 aliphatic rings. The summed E-state index contributed by atoms with van der Waals surface area (Å²) >= 11 is 6.10. The second-order valence-corrected chi connectivity index (χ2v) is 8.66. The molecule has 3 amide bonds. The summed E-state index contributed by atoms with van der Waals surface area (Å²) in [5.74, 6) is -1.73. The smallest absolute Gasteiger partial charge is 0.326 e. The van der Waals surface area contributed by atoms with E-state index < -0.39 is 23.9 Å². The highest BCUT2D eigenvalue weighted by molar-refractivity contribution is 6.31. The Balaban J connectivity index is 1.78. The zero-order valence-electron chi connectivity index (χ0n) is 18.2. The fraction of sp³-hybridized carbons (Fsp3) is 0.375. The van der Waals surface area contributed by atoms with Crippen molar-refractivity contribution in [1.29, 1.82) is 0 Å². The third-order valence-corrected chi connectivity index (χ3v) is 6.10. The molecule has 8 heteroatoms. The van der Waals surface area contributed by atoms with Crippen LogP contribution >= 0.6 is 11.6 Å². The molecule has 0 saturated heterocycles.